The standard InChI is InChI=1S/C14H11NS/c15-13-6-5-10-8-12(4-3-11(10)9-13)14-2-1-7-16-14/h1-9H,15H2. The molecular weight excluding hydrogens is 214 g/mol. The third-order valence-electron chi connectivity index (χ3n) is 2.67. The van der Waals surface area contributed by atoms with Gasteiger partial charge in [-0.1, -0.05) is 24.3 Å². The van der Waals surface area contributed by atoms with Crippen molar-refractivity contribution in [3.63, 3.8) is 0 Å². The van der Waals surface area contributed by atoms with E-state index in [0.717, 1.165) is 5.69 Å². The third-order valence-corrected chi connectivity index (χ3v) is 3.59. The molecule has 0 aliphatic rings. The summed E-state index contributed by atoms with van der Waals surface area (Å²) in [5.74, 6) is 0. The van der Waals surface area contributed by atoms with Gasteiger partial charge in [0.25, 0.3) is 0 Å². The van der Waals surface area contributed by atoms with E-state index in [4.69, 9.17) is 5.73 Å². The van der Waals surface area contributed by atoms with Crippen molar-refractivity contribution in [2.24, 2.45) is 0 Å². The van der Waals surface area contributed by atoms with E-state index in [1.807, 2.05) is 12.1 Å². The maximum Gasteiger partial charge on any atom is 0.0342 e. The van der Waals surface area contributed by atoms with Gasteiger partial charge in [0.1, 0.15) is 0 Å². The van der Waals surface area contributed by atoms with Gasteiger partial charge in [-0.2, -0.15) is 0 Å². The van der Waals surface area contributed by atoms with Crippen molar-refractivity contribution < 1.29 is 0 Å². The number of thiophene rings is 1. The first-order valence-electron chi connectivity index (χ1n) is 5.16. The van der Waals surface area contributed by atoms with E-state index in [1.165, 1.54) is 21.2 Å². The molecule has 0 aliphatic heterocycles. The molecule has 0 fully saturated rings. The van der Waals surface area contributed by atoms with Gasteiger partial charge in [0, 0.05) is 10.6 Å². The summed E-state index contributed by atoms with van der Waals surface area (Å²) in [5.41, 5.74) is 7.85. The van der Waals surface area contributed by atoms with Crippen LogP contribution in [-0.4, -0.2) is 0 Å². The molecule has 3 rings (SSSR count). The molecule has 0 radical (unpaired) electrons. The second-order valence-electron chi connectivity index (χ2n) is 3.80. The lowest BCUT2D eigenvalue weighted by atomic mass is 10.1. The number of nitrogen functional groups attached to an aromatic ring is 1. The van der Waals surface area contributed by atoms with Gasteiger partial charge in [0.2, 0.25) is 0 Å². The highest BCUT2D eigenvalue weighted by molar-refractivity contribution is 7.13. The summed E-state index contributed by atoms with van der Waals surface area (Å²) in [4.78, 5) is 1.30. The van der Waals surface area contributed by atoms with Crippen LogP contribution in [0.5, 0.6) is 0 Å². The zero-order valence-corrected chi connectivity index (χ0v) is 9.50. The van der Waals surface area contributed by atoms with Crippen molar-refractivity contribution in [3.8, 4) is 10.4 Å². The van der Waals surface area contributed by atoms with Crippen LogP contribution in [0.4, 0.5) is 5.69 Å². The zero-order chi connectivity index (χ0) is 11.0. The normalized spacial score (nSPS) is 10.8. The summed E-state index contributed by atoms with van der Waals surface area (Å²) in [5, 5.41) is 4.53. The Hall–Kier alpha value is -1.80. The van der Waals surface area contributed by atoms with Crippen molar-refractivity contribution in [3.05, 3.63) is 53.9 Å². The Bertz CT molecular complexity index is 626. The number of rotatable bonds is 1. The number of fused-ring (bicyclic) bond motifs is 1. The number of nitrogens with two attached hydrogens (primary N) is 1. The topological polar surface area (TPSA) is 26.0 Å². The minimum atomic E-state index is 0.816. The fraction of sp³-hybridized carbons (Fsp3) is 0. The maximum absolute atomic E-state index is 5.76. The maximum atomic E-state index is 5.76. The average molecular weight is 225 g/mol. The Morgan fingerprint density at radius 2 is 1.69 bits per heavy atom. The average Bonchev–Trinajstić information content (AvgIpc) is 2.82. The predicted molar refractivity (Wildman–Crippen MR) is 71.7 cm³/mol. The van der Waals surface area contributed by atoms with Gasteiger partial charge in [0.05, 0.1) is 0 Å². The molecule has 16 heavy (non-hydrogen) atoms. The van der Waals surface area contributed by atoms with E-state index in [0.29, 0.717) is 0 Å². The molecule has 0 saturated carbocycles. The van der Waals surface area contributed by atoms with E-state index in [2.05, 4.69) is 41.8 Å². The van der Waals surface area contributed by atoms with Crippen LogP contribution in [0.15, 0.2) is 53.9 Å². The largest absolute Gasteiger partial charge is 0.399 e. The molecule has 0 aliphatic carbocycles. The molecule has 3 aromatic rings. The van der Waals surface area contributed by atoms with E-state index in [-0.39, 0.29) is 0 Å². The second kappa shape index (κ2) is 3.65. The predicted octanol–water partition coefficient (Wildman–Crippen LogP) is 4.15. The number of benzene rings is 2. The van der Waals surface area contributed by atoms with Crippen LogP contribution in [-0.2, 0) is 0 Å². The van der Waals surface area contributed by atoms with E-state index in [1.54, 1.807) is 11.3 Å². The summed E-state index contributed by atoms with van der Waals surface area (Å²) >= 11 is 1.76. The molecule has 1 aromatic heterocycles. The molecule has 2 aromatic carbocycles. The van der Waals surface area contributed by atoms with Crippen LogP contribution in [0, 0.1) is 0 Å². The summed E-state index contributed by atoms with van der Waals surface area (Å²) in [6, 6.07) is 16.7. The highest BCUT2D eigenvalue weighted by Crippen LogP contribution is 2.28. The number of hydrogen-bond donors (Lipinski definition) is 1. The summed E-state index contributed by atoms with van der Waals surface area (Å²) in [6.45, 7) is 0. The van der Waals surface area contributed by atoms with Crippen LogP contribution in [0.25, 0.3) is 21.2 Å². The third kappa shape index (κ3) is 1.57. The molecule has 0 amide bonds. The molecule has 0 atom stereocenters. The first-order valence-corrected chi connectivity index (χ1v) is 6.04. The van der Waals surface area contributed by atoms with E-state index in [9.17, 15) is 0 Å². The molecule has 2 heteroatoms. The van der Waals surface area contributed by atoms with Crippen LogP contribution < -0.4 is 5.73 Å². The highest BCUT2D eigenvalue weighted by atomic mass is 32.1. The van der Waals surface area contributed by atoms with Crippen molar-refractivity contribution in [1.29, 1.82) is 0 Å². The molecule has 0 saturated heterocycles. The van der Waals surface area contributed by atoms with Crippen LogP contribution >= 0.6 is 11.3 Å². The van der Waals surface area contributed by atoms with Crippen LogP contribution in [0.2, 0.25) is 0 Å². The summed E-state index contributed by atoms with van der Waals surface area (Å²) in [6.07, 6.45) is 0. The van der Waals surface area contributed by atoms with Gasteiger partial charge in [-0.3, -0.25) is 0 Å². The Morgan fingerprint density at radius 1 is 0.875 bits per heavy atom. The van der Waals surface area contributed by atoms with E-state index >= 15 is 0 Å². The molecule has 0 bridgehead atoms. The smallest absolute Gasteiger partial charge is 0.0342 e. The molecule has 0 spiro atoms. The summed E-state index contributed by atoms with van der Waals surface area (Å²) < 4.78 is 0. The molecule has 0 unspecified atom stereocenters. The highest BCUT2D eigenvalue weighted by Gasteiger charge is 2.00. The fourth-order valence-corrected chi connectivity index (χ4v) is 2.58. The van der Waals surface area contributed by atoms with Gasteiger partial charge >= 0.3 is 0 Å². The van der Waals surface area contributed by atoms with Crippen molar-refractivity contribution in [2.45, 2.75) is 0 Å². The molecule has 1 heterocycles. The summed E-state index contributed by atoms with van der Waals surface area (Å²) in [7, 11) is 0. The quantitative estimate of drug-likeness (QED) is 0.618. The lowest BCUT2D eigenvalue weighted by Crippen LogP contribution is -1.83. The Morgan fingerprint density at radius 3 is 2.50 bits per heavy atom. The van der Waals surface area contributed by atoms with E-state index < -0.39 is 0 Å². The minimum absolute atomic E-state index is 0.816. The minimum Gasteiger partial charge on any atom is -0.399 e. The van der Waals surface area contributed by atoms with Crippen LogP contribution in [0.3, 0.4) is 0 Å². The fourth-order valence-electron chi connectivity index (χ4n) is 1.86. The Labute approximate surface area is 98.2 Å². The lowest BCUT2D eigenvalue weighted by molar-refractivity contribution is 1.72. The van der Waals surface area contributed by atoms with Gasteiger partial charge < -0.3 is 5.73 Å². The Balaban J connectivity index is 2.20. The number of hydrogen-bond acceptors (Lipinski definition) is 2. The van der Waals surface area contributed by atoms with Crippen LogP contribution in [0.1, 0.15) is 0 Å². The molecular formula is C14H11NS. The molecule has 2 N–H and O–H groups in total. The van der Waals surface area contributed by atoms with Crippen molar-refractivity contribution in [2.75, 3.05) is 5.73 Å². The Kier molecular flexibility index (Phi) is 2.15. The SMILES string of the molecule is Nc1ccc2cc(-c3cccs3)ccc2c1. The molecule has 78 valence electrons. The first-order chi connectivity index (χ1) is 7.83. The van der Waals surface area contributed by atoms with Gasteiger partial charge in [-0.15, -0.1) is 11.3 Å². The van der Waals surface area contributed by atoms with Crippen molar-refractivity contribution >= 4 is 27.8 Å². The first kappa shape index (κ1) is 9.43. The van der Waals surface area contributed by atoms with Gasteiger partial charge in [0.15, 0.2) is 0 Å². The monoisotopic (exact) mass is 225 g/mol. The second-order valence-corrected chi connectivity index (χ2v) is 4.75. The zero-order valence-electron chi connectivity index (χ0n) is 8.68. The van der Waals surface area contributed by atoms with Gasteiger partial charge in [-0.25, -0.2) is 0 Å². The number of anilines is 1. The van der Waals surface area contributed by atoms with Crippen molar-refractivity contribution in [1.82, 2.24) is 0 Å². The van der Waals surface area contributed by atoms with Gasteiger partial charge in [-0.05, 0) is 46.0 Å². The molecule has 1 nitrogen and oxygen atoms in total. The lowest BCUT2D eigenvalue weighted by Gasteiger charge is -2.02.